The number of hydrogen-bond donors (Lipinski definition) is 2. The number of halogens is 1. The van der Waals surface area contributed by atoms with Gasteiger partial charge in [0.15, 0.2) is 5.69 Å². The number of amides is 1. The van der Waals surface area contributed by atoms with Crippen LogP contribution in [0.2, 0.25) is 5.02 Å². The van der Waals surface area contributed by atoms with Crippen molar-refractivity contribution in [2.75, 3.05) is 5.32 Å². The van der Waals surface area contributed by atoms with Gasteiger partial charge in [-0.05, 0) is 12.1 Å². The lowest BCUT2D eigenvalue weighted by Gasteiger charge is -2.07. The van der Waals surface area contributed by atoms with Crippen molar-refractivity contribution < 1.29 is 19.6 Å². The summed E-state index contributed by atoms with van der Waals surface area (Å²) in [4.78, 5) is 32.6. The van der Waals surface area contributed by atoms with Gasteiger partial charge in [-0.15, -0.1) is 0 Å². The molecule has 0 radical (unpaired) electrons. The molecular formula is C12H9ClN4O5. The Bertz CT molecular complexity index is 758. The number of rotatable bonds is 5. The van der Waals surface area contributed by atoms with Crippen LogP contribution in [0.3, 0.4) is 0 Å². The van der Waals surface area contributed by atoms with Crippen LogP contribution in [0, 0.1) is 10.1 Å². The SMILES string of the molecule is O=C(Cn1ccc(C(=O)O)n1)Nc1cc([N+](=O)[O-])ccc1Cl. The van der Waals surface area contributed by atoms with Crippen LogP contribution in [0.25, 0.3) is 0 Å². The van der Waals surface area contributed by atoms with Gasteiger partial charge in [0.2, 0.25) is 5.91 Å². The van der Waals surface area contributed by atoms with Crippen molar-refractivity contribution in [1.82, 2.24) is 9.78 Å². The van der Waals surface area contributed by atoms with Gasteiger partial charge in [0, 0.05) is 18.3 Å². The molecule has 0 fully saturated rings. The number of hydrogen-bond acceptors (Lipinski definition) is 5. The highest BCUT2D eigenvalue weighted by molar-refractivity contribution is 6.33. The monoisotopic (exact) mass is 324 g/mol. The maximum absolute atomic E-state index is 11.8. The van der Waals surface area contributed by atoms with Gasteiger partial charge in [-0.1, -0.05) is 11.6 Å². The minimum absolute atomic E-state index is 0.0893. The van der Waals surface area contributed by atoms with Gasteiger partial charge in [0.1, 0.15) is 6.54 Å². The molecule has 0 aliphatic heterocycles. The first kappa shape index (κ1) is 15.4. The van der Waals surface area contributed by atoms with Crippen LogP contribution in [-0.4, -0.2) is 31.7 Å². The number of nitro groups is 1. The Balaban J connectivity index is 2.09. The molecule has 22 heavy (non-hydrogen) atoms. The largest absolute Gasteiger partial charge is 0.476 e. The van der Waals surface area contributed by atoms with Crippen molar-refractivity contribution in [2.24, 2.45) is 0 Å². The highest BCUT2D eigenvalue weighted by atomic mass is 35.5. The van der Waals surface area contributed by atoms with Gasteiger partial charge in [0.25, 0.3) is 5.69 Å². The predicted octanol–water partition coefficient (Wildman–Crippen LogP) is 1.78. The standard InChI is InChI=1S/C12H9ClN4O5/c13-8-2-1-7(17(21)22)5-10(8)14-11(18)6-16-4-3-9(15-16)12(19)20/h1-5H,6H2,(H,14,18)(H,19,20). The number of carbonyl (C=O) groups is 2. The Morgan fingerprint density at radius 3 is 2.73 bits per heavy atom. The summed E-state index contributed by atoms with van der Waals surface area (Å²) >= 11 is 5.86. The van der Waals surface area contributed by atoms with Crippen LogP contribution in [0.4, 0.5) is 11.4 Å². The maximum Gasteiger partial charge on any atom is 0.356 e. The molecule has 1 amide bonds. The number of carbonyl (C=O) groups excluding carboxylic acids is 1. The lowest BCUT2D eigenvalue weighted by Crippen LogP contribution is -2.19. The normalized spacial score (nSPS) is 10.2. The van der Waals surface area contributed by atoms with Gasteiger partial charge in [-0.3, -0.25) is 19.6 Å². The third-order valence-electron chi connectivity index (χ3n) is 2.60. The second-order valence-corrected chi connectivity index (χ2v) is 4.58. The van der Waals surface area contributed by atoms with E-state index in [1.165, 1.54) is 24.4 Å². The molecule has 1 aromatic heterocycles. The number of aromatic carboxylic acids is 1. The zero-order chi connectivity index (χ0) is 16.3. The number of nitrogens with one attached hydrogen (secondary N) is 1. The molecule has 2 rings (SSSR count). The fourth-order valence-corrected chi connectivity index (χ4v) is 1.79. The molecule has 2 aromatic rings. The fraction of sp³-hybridized carbons (Fsp3) is 0.0833. The molecule has 1 heterocycles. The van der Waals surface area contributed by atoms with Gasteiger partial charge in [0.05, 0.1) is 15.6 Å². The number of nitrogens with zero attached hydrogens (tertiary/aromatic N) is 3. The van der Waals surface area contributed by atoms with Gasteiger partial charge in [-0.2, -0.15) is 5.10 Å². The number of non-ortho nitro benzene ring substituents is 1. The molecule has 0 bridgehead atoms. The fourth-order valence-electron chi connectivity index (χ4n) is 1.62. The summed E-state index contributed by atoms with van der Waals surface area (Å²) in [5, 5.41) is 25.6. The molecule has 0 aliphatic rings. The second-order valence-electron chi connectivity index (χ2n) is 4.17. The molecular weight excluding hydrogens is 316 g/mol. The van der Waals surface area contributed by atoms with Crippen LogP contribution in [0.15, 0.2) is 30.5 Å². The average Bonchev–Trinajstić information content (AvgIpc) is 2.89. The Hall–Kier alpha value is -2.94. The van der Waals surface area contributed by atoms with Crippen molar-refractivity contribution in [3.05, 3.63) is 51.3 Å². The minimum Gasteiger partial charge on any atom is -0.476 e. The second kappa shape index (κ2) is 6.22. The van der Waals surface area contributed by atoms with E-state index >= 15 is 0 Å². The van der Waals surface area contributed by atoms with E-state index in [4.69, 9.17) is 16.7 Å². The van der Waals surface area contributed by atoms with Crippen LogP contribution in [-0.2, 0) is 11.3 Å². The summed E-state index contributed by atoms with van der Waals surface area (Å²) in [7, 11) is 0. The number of carboxylic acid groups (broad SMARTS) is 1. The Morgan fingerprint density at radius 2 is 2.14 bits per heavy atom. The van der Waals surface area contributed by atoms with Crippen molar-refractivity contribution in [3.8, 4) is 0 Å². The van der Waals surface area contributed by atoms with E-state index in [1.807, 2.05) is 0 Å². The van der Waals surface area contributed by atoms with Crippen LogP contribution in [0.1, 0.15) is 10.5 Å². The van der Waals surface area contributed by atoms with E-state index in [2.05, 4.69) is 10.4 Å². The summed E-state index contributed by atoms with van der Waals surface area (Å²) in [6.07, 6.45) is 1.33. The summed E-state index contributed by atoms with van der Waals surface area (Å²) < 4.78 is 1.13. The molecule has 1 aromatic carbocycles. The lowest BCUT2D eigenvalue weighted by molar-refractivity contribution is -0.384. The zero-order valence-electron chi connectivity index (χ0n) is 10.9. The van der Waals surface area contributed by atoms with Crippen molar-refractivity contribution in [1.29, 1.82) is 0 Å². The quantitative estimate of drug-likeness (QED) is 0.637. The number of carboxylic acids is 1. The smallest absolute Gasteiger partial charge is 0.356 e. The predicted molar refractivity (Wildman–Crippen MR) is 75.9 cm³/mol. The first-order chi connectivity index (χ1) is 10.4. The lowest BCUT2D eigenvalue weighted by atomic mass is 10.3. The molecule has 9 nitrogen and oxygen atoms in total. The molecule has 0 saturated heterocycles. The number of anilines is 1. The molecule has 0 atom stereocenters. The third kappa shape index (κ3) is 3.58. The van der Waals surface area contributed by atoms with E-state index in [-0.39, 0.29) is 28.6 Å². The summed E-state index contributed by atoms with van der Waals surface area (Å²) in [5.74, 6) is -1.76. The Kier molecular flexibility index (Phi) is 4.37. The highest BCUT2D eigenvalue weighted by Gasteiger charge is 2.13. The number of benzene rings is 1. The minimum atomic E-state index is -1.21. The topological polar surface area (TPSA) is 127 Å². The van der Waals surface area contributed by atoms with Crippen molar-refractivity contribution >= 4 is 34.9 Å². The van der Waals surface area contributed by atoms with Gasteiger partial charge >= 0.3 is 5.97 Å². The zero-order valence-corrected chi connectivity index (χ0v) is 11.6. The summed E-state index contributed by atoms with van der Waals surface area (Å²) in [5.41, 5.74) is -0.320. The Morgan fingerprint density at radius 1 is 1.41 bits per heavy atom. The van der Waals surface area contributed by atoms with E-state index in [0.29, 0.717) is 0 Å². The molecule has 0 unspecified atom stereocenters. The summed E-state index contributed by atoms with van der Waals surface area (Å²) in [6.45, 7) is -0.258. The van der Waals surface area contributed by atoms with E-state index in [9.17, 15) is 19.7 Å². The molecule has 2 N–H and O–H groups in total. The first-order valence-electron chi connectivity index (χ1n) is 5.87. The molecule has 10 heteroatoms. The van der Waals surface area contributed by atoms with Crippen LogP contribution >= 0.6 is 11.6 Å². The van der Waals surface area contributed by atoms with Crippen molar-refractivity contribution in [3.63, 3.8) is 0 Å². The van der Waals surface area contributed by atoms with Gasteiger partial charge in [-0.25, -0.2) is 4.79 Å². The number of aromatic nitrogens is 2. The van der Waals surface area contributed by atoms with E-state index < -0.39 is 16.8 Å². The molecule has 0 aliphatic carbocycles. The van der Waals surface area contributed by atoms with E-state index in [0.717, 1.165) is 10.7 Å². The first-order valence-corrected chi connectivity index (χ1v) is 6.25. The van der Waals surface area contributed by atoms with Crippen LogP contribution in [0.5, 0.6) is 0 Å². The maximum atomic E-state index is 11.8. The Labute approximate surface area is 128 Å². The van der Waals surface area contributed by atoms with Gasteiger partial charge < -0.3 is 10.4 Å². The van der Waals surface area contributed by atoms with E-state index in [1.54, 1.807) is 0 Å². The third-order valence-corrected chi connectivity index (χ3v) is 2.93. The van der Waals surface area contributed by atoms with Crippen molar-refractivity contribution in [2.45, 2.75) is 6.54 Å². The average molecular weight is 325 g/mol. The highest BCUT2D eigenvalue weighted by Crippen LogP contribution is 2.26. The molecule has 0 saturated carbocycles. The molecule has 114 valence electrons. The number of nitro benzene ring substituents is 1. The molecule has 0 spiro atoms. The van der Waals surface area contributed by atoms with Crippen LogP contribution < -0.4 is 5.32 Å². The summed E-state index contributed by atoms with van der Waals surface area (Å²) in [6, 6.07) is 4.89.